The Balaban J connectivity index is -0.000000125. The SMILES string of the molecule is B.CCCC(=O)O.F. The van der Waals surface area contributed by atoms with Gasteiger partial charge in [-0.25, -0.2) is 0 Å². The van der Waals surface area contributed by atoms with Gasteiger partial charge in [0.1, 0.15) is 0 Å². The summed E-state index contributed by atoms with van der Waals surface area (Å²) in [6.45, 7) is 1.84. The van der Waals surface area contributed by atoms with Gasteiger partial charge in [0.2, 0.25) is 0 Å². The lowest BCUT2D eigenvalue weighted by Crippen LogP contribution is -1.90. The molecule has 0 saturated carbocycles. The molecule has 1 N–H and O–H groups in total. The second-order valence-electron chi connectivity index (χ2n) is 1.14. The summed E-state index contributed by atoms with van der Waals surface area (Å²) in [6, 6.07) is 0. The lowest BCUT2D eigenvalue weighted by atomic mass is 10.4. The number of carboxylic acids is 1. The van der Waals surface area contributed by atoms with Crippen LogP contribution in [0.4, 0.5) is 4.70 Å². The van der Waals surface area contributed by atoms with Crippen molar-refractivity contribution in [1.29, 1.82) is 0 Å². The minimum atomic E-state index is -0.711. The van der Waals surface area contributed by atoms with E-state index in [1.54, 1.807) is 0 Å². The highest BCUT2D eigenvalue weighted by atomic mass is 19.0. The van der Waals surface area contributed by atoms with Crippen LogP contribution in [0.1, 0.15) is 19.8 Å². The molecule has 0 aliphatic carbocycles. The molecule has 0 aliphatic rings. The maximum Gasteiger partial charge on any atom is 0.303 e. The smallest absolute Gasteiger partial charge is 0.303 e. The molecule has 0 aliphatic heterocycles. The molecule has 0 fully saturated rings. The van der Waals surface area contributed by atoms with Gasteiger partial charge in [-0.05, 0) is 6.42 Å². The molecule has 0 saturated heterocycles. The predicted molar refractivity (Wildman–Crippen MR) is 35.0 cm³/mol. The highest BCUT2D eigenvalue weighted by molar-refractivity contribution is 5.75. The molecule has 2 nitrogen and oxygen atoms in total. The summed E-state index contributed by atoms with van der Waals surface area (Å²) in [7, 11) is 0. The largest absolute Gasteiger partial charge is 0.481 e. The van der Waals surface area contributed by atoms with Crippen LogP contribution >= 0.6 is 0 Å². The minimum Gasteiger partial charge on any atom is -0.481 e. The van der Waals surface area contributed by atoms with E-state index in [-0.39, 0.29) is 13.1 Å². The lowest BCUT2D eigenvalue weighted by Gasteiger charge is -1.79. The number of aliphatic carboxylic acids is 1. The Labute approximate surface area is 49.8 Å². The van der Waals surface area contributed by atoms with Gasteiger partial charge in [0, 0.05) is 6.42 Å². The standard InChI is InChI=1S/C4H8O2.BH3.FH/c1-2-3-4(5)6;;/h2-3H2,1H3,(H,5,6);1H3;1H. The van der Waals surface area contributed by atoms with Crippen molar-refractivity contribution in [3.8, 4) is 0 Å². The maximum absolute atomic E-state index is 9.60. The molecule has 0 aromatic rings. The zero-order chi connectivity index (χ0) is 4.99. The molecule has 0 aromatic heterocycles. The summed E-state index contributed by atoms with van der Waals surface area (Å²) in [5.74, 6) is -0.711. The molecule has 0 radical (unpaired) electrons. The van der Waals surface area contributed by atoms with E-state index in [4.69, 9.17) is 5.11 Å². The molecule has 0 aromatic carbocycles. The van der Waals surface area contributed by atoms with E-state index >= 15 is 0 Å². The van der Waals surface area contributed by atoms with Crippen LogP contribution in [0.25, 0.3) is 0 Å². The summed E-state index contributed by atoms with van der Waals surface area (Å²) in [5.41, 5.74) is 0. The Hall–Kier alpha value is -0.535. The van der Waals surface area contributed by atoms with Crippen LogP contribution in [0, 0.1) is 0 Å². The number of hydrogen-bond acceptors (Lipinski definition) is 1. The zero-order valence-electron chi connectivity index (χ0n) is 4.18. The van der Waals surface area contributed by atoms with E-state index in [0.717, 1.165) is 6.42 Å². The topological polar surface area (TPSA) is 37.3 Å². The average Bonchev–Trinajstić information content (AvgIpc) is 1.35. The lowest BCUT2D eigenvalue weighted by molar-refractivity contribution is -0.137. The van der Waals surface area contributed by atoms with Crippen LogP contribution in [0.5, 0.6) is 0 Å². The third-order valence-electron chi connectivity index (χ3n) is 0.464. The van der Waals surface area contributed by atoms with Gasteiger partial charge in [-0.2, -0.15) is 0 Å². The molecule has 0 bridgehead atoms. The quantitative estimate of drug-likeness (QED) is 0.516. The molecule has 8 heavy (non-hydrogen) atoms. The van der Waals surface area contributed by atoms with Crippen molar-refractivity contribution in [1.82, 2.24) is 0 Å². The average molecular weight is 122 g/mol. The Morgan fingerprint density at radius 2 is 2.00 bits per heavy atom. The van der Waals surface area contributed by atoms with Crippen molar-refractivity contribution < 1.29 is 14.6 Å². The molecule has 0 amide bonds. The summed E-state index contributed by atoms with van der Waals surface area (Å²) in [5, 5.41) is 7.91. The van der Waals surface area contributed by atoms with Crippen molar-refractivity contribution in [2.45, 2.75) is 19.8 Å². The number of hydrogen-bond donors (Lipinski definition) is 1. The number of carboxylic acid groups (broad SMARTS) is 1. The first-order valence-corrected chi connectivity index (χ1v) is 1.99. The Bertz CT molecular complexity index is 58.0. The monoisotopic (exact) mass is 122 g/mol. The fraction of sp³-hybridized carbons (Fsp3) is 0.750. The summed E-state index contributed by atoms with van der Waals surface area (Å²) < 4.78 is 0. The highest BCUT2D eigenvalue weighted by Gasteiger charge is 1.87. The molecule has 0 rings (SSSR count). The molecule has 0 atom stereocenters. The number of halogens is 1. The highest BCUT2D eigenvalue weighted by Crippen LogP contribution is 1.82. The first kappa shape index (κ1) is 15.7. The fourth-order valence-electron chi connectivity index (χ4n) is 0.214. The molecular formula is C4H12BFO2. The van der Waals surface area contributed by atoms with Crippen LogP contribution in [0.2, 0.25) is 0 Å². The van der Waals surface area contributed by atoms with Gasteiger partial charge in [0.15, 0.2) is 0 Å². The number of carbonyl (C=O) groups is 1. The van der Waals surface area contributed by atoms with Crippen LogP contribution < -0.4 is 0 Å². The van der Waals surface area contributed by atoms with Crippen LogP contribution in [0.3, 0.4) is 0 Å². The van der Waals surface area contributed by atoms with Gasteiger partial charge in [0.05, 0.1) is 8.41 Å². The van der Waals surface area contributed by atoms with Crippen molar-refractivity contribution in [2.75, 3.05) is 0 Å². The molecule has 0 spiro atoms. The van der Waals surface area contributed by atoms with Crippen LogP contribution in [-0.2, 0) is 4.79 Å². The van der Waals surface area contributed by atoms with Gasteiger partial charge < -0.3 is 5.11 Å². The zero-order valence-corrected chi connectivity index (χ0v) is 4.18. The molecule has 0 heterocycles. The molecule has 50 valence electrons. The van der Waals surface area contributed by atoms with E-state index in [1.807, 2.05) is 6.92 Å². The van der Waals surface area contributed by atoms with Gasteiger partial charge in [-0.3, -0.25) is 9.50 Å². The second-order valence-corrected chi connectivity index (χ2v) is 1.14. The third kappa shape index (κ3) is 17.9. The minimum absolute atomic E-state index is 0. The molecular weight excluding hydrogens is 110 g/mol. The summed E-state index contributed by atoms with van der Waals surface area (Å²) in [4.78, 5) is 9.60. The van der Waals surface area contributed by atoms with E-state index in [0.29, 0.717) is 6.42 Å². The van der Waals surface area contributed by atoms with Crippen molar-refractivity contribution in [3.63, 3.8) is 0 Å². The molecule has 0 unspecified atom stereocenters. The summed E-state index contributed by atoms with van der Waals surface area (Å²) in [6.07, 6.45) is 1.02. The second kappa shape index (κ2) is 9.69. The van der Waals surface area contributed by atoms with Gasteiger partial charge >= 0.3 is 5.97 Å². The Morgan fingerprint density at radius 3 is 2.00 bits per heavy atom. The first-order chi connectivity index (χ1) is 2.77. The Morgan fingerprint density at radius 1 is 1.62 bits per heavy atom. The molecule has 4 heteroatoms. The van der Waals surface area contributed by atoms with Crippen molar-refractivity contribution >= 4 is 14.4 Å². The van der Waals surface area contributed by atoms with E-state index in [9.17, 15) is 4.79 Å². The maximum atomic E-state index is 9.60. The van der Waals surface area contributed by atoms with E-state index in [2.05, 4.69) is 0 Å². The van der Waals surface area contributed by atoms with Gasteiger partial charge in [0.25, 0.3) is 0 Å². The predicted octanol–water partition coefficient (Wildman–Crippen LogP) is -0.160. The third-order valence-corrected chi connectivity index (χ3v) is 0.464. The van der Waals surface area contributed by atoms with Gasteiger partial charge in [-0.15, -0.1) is 0 Å². The van der Waals surface area contributed by atoms with Crippen LogP contribution in [0.15, 0.2) is 0 Å². The summed E-state index contributed by atoms with van der Waals surface area (Å²) >= 11 is 0. The van der Waals surface area contributed by atoms with Crippen molar-refractivity contribution in [3.05, 3.63) is 0 Å². The van der Waals surface area contributed by atoms with E-state index < -0.39 is 5.97 Å². The normalized spacial score (nSPS) is 6.12. The van der Waals surface area contributed by atoms with Gasteiger partial charge in [-0.1, -0.05) is 6.92 Å². The van der Waals surface area contributed by atoms with Crippen LogP contribution in [-0.4, -0.2) is 19.5 Å². The first-order valence-electron chi connectivity index (χ1n) is 1.99. The Kier molecular flexibility index (Phi) is 18.9. The fourth-order valence-corrected chi connectivity index (χ4v) is 0.214. The van der Waals surface area contributed by atoms with E-state index in [1.165, 1.54) is 0 Å². The number of rotatable bonds is 2. The van der Waals surface area contributed by atoms with Crippen molar-refractivity contribution in [2.24, 2.45) is 0 Å².